The normalized spacial score (nSPS) is 10.9. The molecule has 3 rings (SSSR count). The number of hydrogen-bond acceptors (Lipinski definition) is 3. The third-order valence-corrected chi connectivity index (χ3v) is 3.50. The third-order valence-electron chi connectivity index (χ3n) is 3.50. The minimum absolute atomic E-state index is 0.0199. The lowest BCUT2D eigenvalue weighted by Gasteiger charge is -2.15. The average molecular weight is 291 g/mol. The first kappa shape index (κ1) is 14.2. The minimum atomic E-state index is -0.0940. The first-order chi connectivity index (χ1) is 10.7. The van der Waals surface area contributed by atoms with Crippen molar-refractivity contribution in [3.8, 4) is 11.1 Å². The Labute approximate surface area is 129 Å². The number of carbonyl (C=O) groups is 1. The van der Waals surface area contributed by atoms with Crippen molar-refractivity contribution in [2.45, 2.75) is 13.8 Å². The third kappa shape index (κ3) is 2.68. The fourth-order valence-electron chi connectivity index (χ4n) is 2.27. The number of carbonyl (C=O) groups excluding carboxylic acids is 1. The number of amides is 1. The zero-order valence-electron chi connectivity index (χ0n) is 12.6. The van der Waals surface area contributed by atoms with Crippen LogP contribution in [-0.2, 0) is 4.79 Å². The highest BCUT2D eigenvalue weighted by Gasteiger charge is 2.15. The molecule has 22 heavy (non-hydrogen) atoms. The van der Waals surface area contributed by atoms with Crippen molar-refractivity contribution in [2.75, 3.05) is 5.32 Å². The first-order valence-corrected chi connectivity index (χ1v) is 7.27. The van der Waals surface area contributed by atoms with Gasteiger partial charge in [0.05, 0.1) is 5.69 Å². The Hall–Kier alpha value is -2.75. The summed E-state index contributed by atoms with van der Waals surface area (Å²) in [4.78, 5) is 20.9. The maximum Gasteiger partial charge on any atom is 0.226 e. The molecule has 2 heterocycles. The van der Waals surface area contributed by atoms with Crippen LogP contribution >= 0.6 is 0 Å². The monoisotopic (exact) mass is 291 g/mol. The van der Waals surface area contributed by atoms with Gasteiger partial charge in [0.1, 0.15) is 0 Å². The second kappa shape index (κ2) is 5.93. The molecule has 0 atom stereocenters. The van der Waals surface area contributed by atoms with Gasteiger partial charge in [-0.3, -0.25) is 4.79 Å². The van der Waals surface area contributed by atoms with E-state index >= 15 is 0 Å². The van der Waals surface area contributed by atoms with E-state index in [2.05, 4.69) is 15.3 Å². The summed E-state index contributed by atoms with van der Waals surface area (Å²) in [5.41, 5.74) is 3.30. The van der Waals surface area contributed by atoms with Crippen LogP contribution in [0.15, 0.2) is 54.9 Å². The summed E-state index contributed by atoms with van der Waals surface area (Å²) in [7, 11) is 0. The smallest absolute Gasteiger partial charge is 0.226 e. The van der Waals surface area contributed by atoms with Crippen LogP contribution in [0.1, 0.15) is 13.8 Å². The molecule has 0 saturated heterocycles. The van der Waals surface area contributed by atoms with E-state index in [0.717, 1.165) is 22.2 Å². The zero-order chi connectivity index (χ0) is 15.5. The lowest BCUT2D eigenvalue weighted by atomic mass is 10.0. The predicted octanol–water partition coefficient (Wildman–Crippen LogP) is 3.89. The van der Waals surface area contributed by atoms with Crippen LogP contribution in [-0.4, -0.2) is 15.9 Å². The molecule has 0 aliphatic heterocycles. The van der Waals surface area contributed by atoms with Crippen molar-refractivity contribution < 1.29 is 4.79 Å². The van der Waals surface area contributed by atoms with Crippen LogP contribution in [0.4, 0.5) is 5.69 Å². The summed E-state index contributed by atoms with van der Waals surface area (Å²) < 4.78 is 0. The van der Waals surface area contributed by atoms with E-state index in [1.165, 1.54) is 0 Å². The van der Waals surface area contributed by atoms with Crippen molar-refractivity contribution in [2.24, 2.45) is 5.92 Å². The van der Waals surface area contributed by atoms with Crippen LogP contribution in [0.25, 0.3) is 22.2 Å². The van der Waals surface area contributed by atoms with E-state index in [1.807, 2.05) is 56.3 Å². The number of nitrogens with one attached hydrogen (secondary N) is 1. The van der Waals surface area contributed by atoms with Crippen molar-refractivity contribution in [3.05, 3.63) is 54.9 Å². The minimum Gasteiger partial charge on any atom is -0.325 e. The molecular formula is C18H17N3O. The number of rotatable bonds is 3. The fraction of sp³-hybridized carbons (Fsp3) is 0.167. The molecule has 0 radical (unpaired) electrons. The highest BCUT2D eigenvalue weighted by molar-refractivity contribution is 6.06. The van der Waals surface area contributed by atoms with E-state index < -0.39 is 0 Å². The second-order valence-corrected chi connectivity index (χ2v) is 5.43. The number of aromatic nitrogens is 2. The van der Waals surface area contributed by atoms with Gasteiger partial charge in [0.15, 0.2) is 5.65 Å². The highest BCUT2D eigenvalue weighted by Crippen LogP contribution is 2.33. The van der Waals surface area contributed by atoms with Crippen LogP contribution in [0.3, 0.4) is 0 Å². The van der Waals surface area contributed by atoms with Crippen molar-refractivity contribution in [1.82, 2.24) is 9.97 Å². The second-order valence-electron chi connectivity index (χ2n) is 5.43. The quantitative estimate of drug-likeness (QED) is 0.796. The van der Waals surface area contributed by atoms with E-state index in [0.29, 0.717) is 5.65 Å². The molecule has 0 spiro atoms. The topological polar surface area (TPSA) is 54.9 Å². The van der Waals surface area contributed by atoms with Gasteiger partial charge in [0, 0.05) is 29.3 Å². The number of pyridine rings is 2. The van der Waals surface area contributed by atoms with E-state index in [1.54, 1.807) is 12.4 Å². The first-order valence-electron chi connectivity index (χ1n) is 7.27. The van der Waals surface area contributed by atoms with Crippen LogP contribution in [0.5, 0.6) is 0 Å². The molecule has 2 aromatic heterocycles. The lowest BCUT2D eigenvalue weighted by Crippen LogP contribution is -2.18. The van der Waals surface area contributed by atoms with Gasteiger partial charge >= 0.3 is 0 Å². The van der Waals surface area contributed by atoms with Gasteiger partial charge in [0.2, 0.25) is 5.91 Å². The van der Waals surface area contributed by atoms with Gasteiger partial charge in [-0.05, 0) is 17.7 Å². The van der Waals surface area contributed by atoms with Crippen molar-refractivity contribution in [3.63, 3.8) is 0 Å². The molecule has 0 unspecified atom stereocenters. The van der Waals surface area contributed by atoms with E-state index in [-0.39, 0.29) is 11.8 Å². The molecule has 0 fully saturated rings. The van der Waals surface area contributed by atoms with Gasteiger partial charge in [0.25, 0.3) is 0 Å². The Bertz CT molecular complexity index is 813. The largest absolute Gasteiger partial charge is 0.325 e. The highest BCUT2D eigenvalue weighted by atomic mass is 16.1. The molecule has 110 valence electrons. The Morgan fingerprint density at radius 3 is 2.55 bits per heavy atom. The Morgan fingerprint density at radius 1 is 1.05 bits per heavy atom. The Balaban J connectivity index is 2.21. The Kier molecular flexibility index (Phi) is 3.83. The standard InChI is InChI=1S/C18H17N3O/c1-12(2)18(22)21-16-14-9-6-10-19-17(14)20-11-15(16)13-7-4-3-5-8-13/h3-12H,1-2H3,(H,19,20,21,22). The molecule has 4 nitrogen and oxygen atoms in total. The lowest BCUT2D eigenvalue weighted by molar-refractivity contribution is -0.118. The molecule has 1 aromatic carbocycles. The number of nitrogens with zero attached hydrogens (tertiary/aromatic N) is 2. The number of benzene rings is 1. The molecule has 3 aromatic rings. The molecule has 0 saturated carbocycles. The molecule has 0 aliphatic carbocycles. The number of hydrogen-bond donors (Lipinski definition) is 1. The number of fused-ring (bicyclic) bond motifs is 1. The summed E-state index contributed by atoms with van der Waals surface area (Å²) >= 11 is 0. The summed E-state index contributed by atoms with van der Waals surface area (Å²) in [5, 5.41) is 3.88. The molecule has 0 aliphatic rings. The molecule has 1 amide bonds. The summed E-state index contributed by atoms with van der Waals surface area (Å²) in [5.74, 6) is -0.114. The molecular weight excluding hydrogens is 274 g/mol. The van der Waals surface area contributed by atoms with Gasteiger partial charge in [-0.15, -0.1) is 0 Å². The number of anilines is 1. The Morgan fingerprint density at radius 2 is 1.82 bits per heavy atom. The maximum atomic E-state index is 12.2. The van der Waals surface area contributed by atoms with Crippen LogP contribution in [0.2, 0.25) is 0 Å². The zero-order valence-corrected chi connectivity index (χ0v) is 12.6. The fourth-order valence-corrected chi connectivity index (χ4v) is 2.27. The summed E-state index contributed by atoms with van der Waals surface area (Å²) in [6.45, 7) is 3.75. The molecule has 4 heteroatoms. The van der Waals surface area contributed by atoms with E-state index in [9.17, 15) is 4.79 Å². The summed E-state index contributed by atoms with van der Waals surface area (Å²) in [6.07, 6.45) is 3.46. The SMILES string of the molecule is CC(C)C(=O)Nc1c(-c2ccccc2)cnc2ncccc12. The predicted molar refractivity (Wildman–Crippen MR) is 88.4 cm³/mol. The molecule has 0 bridgehead atoms. The molecule has 1 N–H and O–H groups in total. The van der Waals surface area contributed by atoms with Gasteiger partial charge in [-0.1, -0.05) is 44.2 Å². The van der Waals surface area contributed by atoms with Crippen molar-refractivity contribution in [1.29, 1.82) is 0 Å². The van der Waals surface area contributed by atoms with Crippen LogP contribution in [0, 0.1) is 5.92 Å². The van der Waals surface area contributed by atoms with Crippen LogP contribution < -0.4 is 5.32 Å². The van der Waals surface area contributed by atoms with E-state index in [4.69, 9.17) is 0 Å². The summed E-state index contributed by atoms with van der Waals surface area (Å²) in [6, 6.07) is 13.7. The van der Waals surface area contributed by atoms with Gasteiger partial charge in [-0.25, -0.2) is 9.97 Å². The maximum absolute atomic E-state index is 12.2. The average Bonchev–Trinajstić information content (AvgIpc) is 2.55. The van der Waals surface area contributed by atoms with Crippen molar-refractivity contribution >= 4 is 22.6 Å². The van der Waals surface area contributed by atoms with Gasteiger partial charge in [-0.2, -0.15) is 0 Å². The van der Waals surface area contributed by atoms with Gasteiger partial charge < -0.3 is 5.32 Å².